The summed E-state index contributed by atoms with van der Waals surface area (Å²) in [4.78, 5) is 9.01. The molecule has 1 N–H and O–H groups in total. The zero-order chi connectivity index (χ0) is 9.45. The topological polar surface area (TPSA) is 46.5 Å². The minimum absolute atomic E-state index is 0.299. The van der Waals surface area contributed by atoms with Crippen molar-refractivity contribution in [3.05, 3.63) is 0 Å². The van der Waals surface area contributed by atoms with Crippen molar-refractivity contribution >= 4 is 7.60 Å². The van der Waals surface area contributed by atoms with Crippen LogP contribution in [-0.2, 0) is 9.09 Å². The summed E-state index contributed by atoms with van der Waals surface area (Å²) in [5.41, 5.74) is 0. The highest BCUT2D eigenvalue weighted by atomic mass is 31.2. The molecular weight excluding hydrogens is 175 g/mol. The van der Waals surface area contributed by atoms with Crippen LogP contribution in [0.15, 0.2) is 0 Å². The van der Waals surface area contributed by atoms with Gasteiger partial charge in [-0.25, -0.2) is 0 Å². The molecule has 1 atom stereocenters. The number of rotatable bonds is 7. The van der Waals surface area contributed by atoms with E-state index in [1.807, 2.05) is 0 Å². The van der Waals surface area contributed by atoms with Crippen LogP contribution in [-0.4, -0.2) is 18.2 Å². The van der Waals surface area contributed by atoms with Gasteiger partial charge in [-0.05, 0) is 6.42 Å². The summed E-state index contributed by atoms with van der Waals surface area (Å²) in [5, 5.41) is 0. The summed E-state index contributed by atoms with van der Waals surface area (Å²) in [6.07, 6.45) is 5.68. The molecule has 0 aromatic carbocycles. The molecule has 0 bridgehead atoms. The Balaban J connectivity index is 3.25. The molecule has 0 rings (SSSR count). The minimum Gasteiger partial charge on any atom is -0.324 e. The summed E-state index contributed by atoms with van der Waals surface area (Å²) in [7, 11) is -1.94. The van der Waals surface area contributed by atoms with Gasteiger partial charge in [0.25, 0.3) is 0 Å². The molecule has 0 aromatic heterocycles. The van der Waals surface area contributed by atoms with E-state index in [0.29, 0.717) is 6.16 Å². The van der Waals surface area contributed by atoms with Gasteiger partial charge in [0.15, 0.2) is 0 Å². The second-order valence-electron chi connectivity index (χ2n) is 2.96. The SMILES string of the molecule is CCCCCCCP(=O)(O)OC. The average Bonchev–Trinajstić information content (AvgIpc) is 2.04. The zero-order valence-corrected chi connectivity index (χ0v) is 8.85. The highest BCUT2D eigenvalue weighted by molar-refractivity contribution is 7.52. The van der Waals surface area contributed by atoms with E-state index < -0.39 is 7.60 Å². The molecule has 74 valence electrons. The number of hydrogen-bond donors (Lipinski definition) is 1. The Labute approximate surface area is 74.7 Å². The Bertz CT molecular complexity index is 147. The smallest absolute Gasteiger partial charge is 0.324 e. The lowest BCUT2D eigenvalue weighted by atomic mass is 10.2. The summed E-state index contributed by atoms with van der Waals surface area (Å²) >= 11 is 0. The fourth-order valence-electron chi connectivity index (χ4n) is 1.01. The number of hydrogen-bond acceptors (Lipinski definition) is 2. The van der Waals surface area contributed by atoms with Gasteiger partial charge < -0.3 is 9.42 Å². The molecule has 0 aliphatic heterocycles. The molecule has 0 aliphatic rings. The van der Waals surface area contributed by atoms with Crippen molar-refractivity contribution in [2.45, 2.75) is 39.0 Å². The van der Waals surface area contributed by atoms with Crippen molar-refractivity contribution < 1.29 is 14.0 Å². The minimum atomic E-state index is -3.22. The maximum Gasteiger partial charge on any atom is 0.327 e. The fraction of sp³-hybridized carbons (Fsp3) is 1.00. The molecule has 1 unspecified atom stereocenters. The highest BCUT2D eigenvalue weighted by Gasteiger charge is 2.15. The van der Waals surface area contributed by atoms with E-state index >= 15 is 0 Å². The first-order valence-electron chi connectivity index (χ1n) is 4.50. The van der Waals surface area contributed by atoms with Gasteiger partial charge in [-0.2, -0.15) is 0 Å². The zero-order valence-electron chi connectivity index (χ0n) is 7.95. The molecular formula is C8H19O3P. The average molecular weight is 194 g/mol. The van der Waals surface area contributed by atoms with Crippen LogP contribution in [0.25, 0.3) is 0 Å². The van der Waals surface area contributed by atoms with Gasteiger partial charge in [-0.3, -0.25) is 4.57 Å². The van der Waals surface area contributed by atoms with E-state index in [9.17, 15) is 4.57 Å². The molecule has 0 radical (unpaired) electrons. The van der Waals surface area contributed by atoms with Crippen LogP contribution in [0.5, 0.6) is 0 Å². The van der Waals surface area contributed by atoms with Gasteiger partial charge >= 0.3 is 7.60 Å². The quantitative estimate of drug-likeness (QED) is 0.500. The Morgan fingerprint density at radius 1 is 1.25 bits per heavy atom. The van der Waals surface area contributed by atoms with Crippen LogP contribution in [0.3, 0.4) is 0 Å². The predicted molar refractivity (Wildman–Crippen MR) is 50.5 cm³/mol. The van der Waals surface area contributed by atoms with Crippen molar-refractivity contribution in [2.24, 2.45) is 0 Å². The Kier molecular flexibility index (Phi) is 6.73. The Morgan fingerprint density at radius 2 is 1.83 bits per heavy atom. The summed E-state index contributed by atoms with van der Waals surface area (Å²) in [6.45, 7) is 2.14. The molecule has 0 aromatic rings. The lowest BCUT2D eigenvalue weighted by molar-refractivity contribution is 0.314. The lowest BCUT2D eigenvalue weighted by Crippen LogP contribution is -1.91. The highest BCUT2D eigenvalue weighted by Crippen LogP contribution is 2.41. The molecule has 0 heterocycles. The van der Waals surface area contributed by atoms with E-state index in [4.69, 9.17) is 4.89 Å². The van der Waals surface area contributed by atoms with Crippen molar-refractivity contribution in [3.63, 3.8) is 0 Å². The van der Waals surface area contributed by atoms with Crippen molar-refractivity contribution in [2.75, 3.05) is 13.3 Å². The third-order valence-corrected chi connectivity index (χ3v) is 3.28. The van der Waals surface area contributed by atoms with Crippen LogP contribution in [0.1, 0.15) is 39.0 Å². The van der Waals surface area contributed by atoms with Crippen LogP contribution in [0.2, 0.25) is 0 Å². The van der Waals surface area contributed by atoms with Crippen LogP contribution in [0.4, 0.5) is 0 Å². The fourth-order valence-corrected chi connectivity index (χ4v) is 1.81. The molecule has 0 saturated heterocycles. The maximum atomic E-state index is 10.9. The normalized spacial score (nSPS) is 15.9. The number of unbranched alkanes of at least 4 members (excludes halogenated alkanes) is 4. The predicted octanol–water partition coefficient (Wildman–Crippen LogP) is 2.79. The summed E-state index contributed by atoms with van der Waals surface area (Å²) in [5.74, 6) is 0. The summed E-state index contributed by atoms with van der Waals surface area (Å²) in [6, 6.07) is 0. The maximum absolute atomic E-state index is 10.9. The van der Waals surface area contributed by atoms with Crippen molar-refractivity contribution in [1.29, 1.82) is 0 Å². The van der Waals surface area contributed by atoms with Crippen molar-refractivity contribution in [1.82, 2.24) is 0 Å². The lowest BCUT2D eigenvalue weighted by Gasteiger charge is -2.07. The molecule has 0 saturated carbocycles. The van der Waals surface area contributed by atoms with Crippen LogP contribution < -0.4 is 0 Å². The first kappa shape index (κ1) is 12.2. The van der Waals surface area contributed by atoms with E-state index in [1.165, 1.54) is 20.0 Å². The first-order valence-corrected chi connectivity index (χ1v) is 6.26. The van der Waals surface area contributed by atoms with Gasteiger partial charge in [-0.15, -0.1) is 0 Å². The third-order valence-electron chi connectivity index (χ3n) is 1.83. The van der Waals surface area contributed by atoms with E-state index in [2.05, 4.69) is 11.4 Å². The van der Waals surface area contributed by atoms with E-state index in [0.717, 1.165) is 19.3 Å². The van der Waals surface area contributed by atoms with Gasteiger partial charge in [0.2, 0.25) is 0 Å². The molecule has 0 fully saturated rings. The molecule has 0 aliphatic carbocycles. The third kappa shape index (κ3) is 6.84. The largest absolute Gasteiger partial charge is 0.327 e. The second kappa shape index (κ2) is 6.64. The molecule has 3 nitrogen and oxygen atoms in total. The van der Waals surface area contributed by atoms with Crippen molar-refractivity contribution in [3.8, 4) is 0 Å². The Hall–Kier alpha value is 0.150. The van der Waals surface area contributed by atoms with Crippen LogP contribution in [0, 0.1) is 0 Å². The van der Waals surface area contributed by atoms with Crippen LogP contribution >= 0.6 is 7.60 Å². The molecule has 0 spiro atoms. The Morgan fingerprint density at radius 3 is 2.33 bits per heavy atom. The van der Waals surface area contributed by atoms with E-state index in [1.54, 1.807) is 0 Å². The van der Waals surface area contributed by atoms with Gasteiger partial charge in [0.05, 0.1) is 0 Å². The monoisotopic (exact) mass is 194 g/mol. The van der Waals surface area contributed by atoms with Gasteiger partial charge in [0.1, 0.15) is 0 Å². The van der Waals surface area contributed by atoms with Gasteiger partial charge in [-0.1, -0.05) is 32.6 Å². The molecule has 4 heteroatoms. The second-order valence-corrected chi connectivity index (χ2v) is 5.05. The van der Waals surface area contributed by atoms with Gasteiger partial charge in [0, 0.05) is 13.3 Å². The van der Waals surface area contributed by atoms with E-state index in [-0.39, 0.29) is 0 Å². The molecule has 12 heavy (non-hydrogen) atoms. The first-order chi connectivity index (χ1) is 5.62. The standard InChI is InChI=1S/C8H19O3P/c1-3-4-5-6-7-8-12(9,10)11-2/h3-8H2,1-2H3,(H,9,10). The molecule has 0 amide bonds. The summed E-state index contributed by atoms with van der Waals surface area (Å²) < 4.78 is 15.4.